The molecule has 0 spiro atoms. The summed E-state index contributed by atoms with van der Waals surface area (Å²) in [5.41, 5.74) is 0. The number of aliphatic hydroxyl groups excluding tert-OH is 1. The molecule has 7 nitrogen and oxygen atoms in total. The van der Waals surface area contributed by atoms with Crippen molar-refractivity contribution in [3.63, 3.8) is 0 Å². The van der Waals surface area contributed by atoms with Crippen molar-refractivity contribution in [2.75, 3.05) is 6.61 Å². The lowest BCUT2D eigenvalue weighted by Crippen LogP contribution is -2.49. The first-order valence-corrected chi connectivity index (χ1v) is 8.10. The zero-order chi connectivity index (χ0) is 15.7. The Morgan fingerprint density at radius 1 is 1.45 bits per heavy atom. The molecule has 2 saturated carbocycles. The van der Waals surface area contributed by atoms with Gasteiger partial charge in [0.1, 0.15) is 0 Å². The monoisotopic (exact) mass is 308 g/mol. The van der Waals surface area contributed by atoms with Crippen LogP contribution in [-0.2, 0) is 0 Å². The number of carbonyl (C=O) groups is 1. The lowest BCUT2D eigenvalue weighted by atomic mass is 9.85. The van der Waals surface area contributed by atoms with Gasteiger partial charge in [0.15, 0.2) is 5.82 Å². The van der Waals surface area contributed by atoms with Gasteiger partial charge >= 0.3 is 6.03 Å². The third-order valence-corrected chi connectivity index (χ3v) is 5.17. The van der Waals surface area contributed by atoms with Crippen LogP contribution in [0, 0.1) is 24.7 Å². The average Bonchev–Trinajstić information content (AvgIpc) is 3.20. The van der Waals surface area contributed by atoms with Gasteiger partial charge in [-0.1, -0.05) is 12.1 Å². The van der Waals surface area contributed by atoms with Gasteiger partial charge in [0, 0.05) is 25.5 Å². The van der Waals surface area contributed by atoms with E-state index in [4.69, 9.17) is 4.52 Å². The quantitative estimate of drug-likeness (QED) is 0.766. The number of rotatable bonds is 5. The summed E-state index contributed by atoms with van der Waals surface area (Å²) >= 11 is 0. The van der Waals surface area contributed by atoms with Crippen molar-refractivity contribution in [3.05, 3.63) is 11.7 Å². The van der Waals surface area contributed by atoms with Gasteiger partial charge in [0.25, 0.3) is 0 Å². The lowest BCUT2D eigenvalue weighted by Gasteiger charge is -2.30. The second kappa shape index (κ2) is 6.24. The molecule has 122 valence electrons. The van der Waals surface area contributed by atoms with E-state index in [-0.39, 0.29) is 30.6 Å². The summed E-state index contributed by atoms with van der Waals surface area (Å²) < 4.78 is 4.97. The van der Waals surface area contributed by atoms with Crippen LogP contribution < -0.4 is 10.6 Å². The van der Waals surface area contributed by atoms with Crippen molar-refractivity contribution in [2.24, 2.45) is 17.8 Å². The molecule has 5 atom stereocenters. The number of aryl methyl sites for hydroxylation is 1. The number of nitrogens with zero attached hydrogens (tertiary/aromatic N) is 2. The highest BCUT2D eigenvalue weighted by Crippen LogP contribution is 2.48. The van der Waals surface area contributed by atoms with Crippen molar-refractivity contribution in [3.8, 4) is 0 Å². The number of fused-ring (bicyclic) bond motifs is 2. The Morgan fingerprint density at radius 3 is 2.86 bits per heavy atom. The standard InChI is InChI=1S/C15H24N4O3/c1-3-12(14-16-8(2)22-19-14)17-15(21)18-13-10-5-4-9(6-10)11(13)7-20/h9-13,20H,3-7H2,1-2H3,(H2,17,18,21). The smallest absolute Gasteiger partial charge is 0.315 e. The molecule has 3 N–H and O–H groups in total. The van der Waals surface area contributed by atoms with Gasteiger partial charge in [0.2, 0.25) is 5.89 Å². The van der Waals surface area contributed by atoms with Crippen LogP contribution >= 0.6 is 0 Å². The van der Waals surface area contributed by atoms with Crippen LogP contribution in [0.4, 0.5) is 4.79 Å². The first kappa shape index (κ1) is 15.3. The fourth-order valence-electron chi connectivity index (χ4n) is 4.06. The van der Waals surface area contributed by atoms with E-state index >= 15 is 0 Å². The van der Waals surface area contributed by atoms with Gasteiger partial charge in [-0.2, -0.15) is 4.98 Å². The summed E-state index contributed by atoms with van der Waals surface area (Å²) in [6.45, 7) is 3.84. The molecule has 0 radical (unpaired) electrons. The molecule has 2 aliphatic rings. The minimum atomic E-state index is -0.261. The summed E-state index contributed by atoms with van der Waals surface area (Å²) in [7, 11) is 0. The topological polar surface area (TPSA) is 100 Å². The second-order valence-electron chi connectivity index (χ2n) is 6.46. The molecule has 1 heterocycles. The van der Waals surface area contributed by atoms with Crippen LogP contribution in [0.25, 0.3) is 0 Å². The van der Waals surface area contributed by atoms with E-state index in [1.807, 2.05) is 6.92 Å². The van der Waals surface area contributed by atoms with Gasteiger partial charge in [-0.15, -0.1) is 0 Å². The van der Waals surface area contributed by atoms with Gasteiger partial charge in [0.05, 0.1) is 6.04 Å². The summed E-state index contributed by atoms with van der Waals surface area (Å²) in [5, 5.41) is 19.4. The number of hydrogen-bond donors (Lipinski definition) is 3. The molecule has 1 aromatic heterocycles. The van der Waals surface area contributed by atoms with Gasteiger partial charge in [-0.3, -0.25) is 0 Å². The number of urea groups is 1. The number of amides is 2. The minimum Gasteiger partial charge on any atom is -0.396 e. The molecule has 2 aliphatic carbocycles. The molecular formula is C15H24N4O3. The van der Waals surface area contributed by atoms with Gasteiger partial charge in [-0.05, 0) is 37.5 Å². The normalized spacial score (nSPS) is 31.2. The molecular weight excluding hydrogens is 284 g/mol. The van der Waals surface area contributed by atoms with Crippen molar-refractivity contribution < 1.29 is 14.4 Å². The van der Waals surface area contributed by atoms with E-state index in [1.165, 1.54) is 6.42 Å². The number of nitrogens with one attached hydrogen (secondary N) is 2. The fraction of sp³-hybridized carbons (Fsp3) is 0.800. The van der Waals surface area contributed by atoms with E-state index in [9.17, 15) is 9.90 Å². The largest absolute Gasteiger partial charge is 0.396 e. The van der Waals surface area contributed by atoms with E-state index < -0.39 is 0 Å². The zero-order valence-corrected chi connectivity index (χ0v) is 13.1. The number of carbonyl (C=O) groups excluding carboxylic acids is 1. The Kier molecular flexibility index (Phi) is 4.33. The maximum Gasteiger partial charge on any atom is 0.315 e. The maximum atomic E-state index is 12.3. The predicted molar refractivity (Wildman–Crippen MR) is 78.9 cm³/mol. The molecule has 0 saturated heterocycles. The van der Waals surface area contributed by atoms with Gasteiger partial charge < -0.3 is 20.3 Å². The Hall–Kier alpha value is -1.63. The summed E-state index contributed by atoms with van der Waals surface area (Å²) in [6, 6.07) is -0.401. The van der Waals surface area contributed by atoms with Crippen LogP contribution in [0.5, 0.6) is 0 Å². The third kappa shape index (κ3) is 2.82. The third-order valence-electron chi connectivity index (χ3n) is 5.17. The SMILES string of the molecule is CCC(NC(=O)NC1C2CCC(C2)C1CO)c1noc(C)n1. The molecule has 0 aromatic carbocycles. The second-order valence-corrected chi connectivity index (χ2v) is 6.46. The molecule has 22 heavy (non-hydrogen) atoms. The Bertz CT molecular complexity index is 533. The molecule has 2 fully saturated rings. The van der Waals surface area contributed by atoms with Crippen LogP contribution in [0.1, 0.15) is 50.4 Å². The minimum absolute atomic E-state index is 0.0771. The van der Waals surface area contributed by atoms with Crippen molar-refractivity contribution >= 4 is 6.03 Å². The first-order valence-electron chi connectivity index (χ1n) is 8.10. The summed E-state index contributed by atoms with van der Waals surface area (Å²) in [4.78, 5) is 16.5. The molecule has 3 rings (SSSR count). The Labute approximate surface area is 129 Å². The van der Waals surface area contributed by atoms with E-state index in [0.717, 1.165) is 12.8 Å². The highest BCUT2D eigenvalue weighted by molar-refractivity contribution is 5.74. The fourth-order valence-corrected chi connectivity index (χ4v) is 4.06. The zero-order valence-electron chi connectivity index (χ0n) is 13.1. The first-order chi connectivity index (χ1) is 10.6. The van der Waals surface area contributed by atoms with E-state index in [0.29, 0.717) is 30.0 Å². The highest BCUT2D eigenvalue weighted by Gasteiger charge is 2.47. The summed E-state index contributed by atoms with van der Waals surface area (Å²) in [6.07, 6.45) is 4.13. The molecule has 7 heteroatoms. The van der Waals surface area contributed by atoms with E-state index in [2.05, 4.69) is 20.8 Å². The lowest BCUT2D eigenvalue weighted by molar-refractivity contribution is 0.143. The number of aromatic nitrogens is 2. The maximum absolute atomic E-state index is 12.3. The van der Waals surface area contributed by atoms with Crippen LogP contribution in [0.15, 0.2) is 4.52 Å². The van der Waals surface area contributed by atoms with Crippen LogP contribution in [0.2, 0.25) is 0 Å². The average molecular weight is 308 g/mol. The van der Waals surface area contributed by atoms with E-state index in [1.54, 1.807) is 6.92 Å². The molecule has 0 aliphatic heterocycles. The van der Waals surface area contributed by atoms with Crippen molar-refractivity contribution in [1.82, 2.24) is 20.8 Å². The van der Waals surface area contributed by atoms with Gasteiger partial charge in [-0.25, -0.2) is 4.79 Å². The number of aliphatic hydroxyl groups is 1. The Morgan fingerprint density at radius 2 is 2.23 bits per heavy atom. The summed E-state index contributed by atoms with van der Waals surface area (Å²) in [5.74, 6) is 2.24. The van der Waals surface area contributed by atoms with Crippen LogP contribution in [-0.4, -0.2) is 33.9 Å². The predicted octanol–water partition coefficient (Wildman–Crippen LogP) is 1.54. The Balaban J connectivity index is 1.60. The number of hydrogen-bond acceptors (Lipinski definition) is 5. The van der Waals surface area contributed by atoms with Crippen molar-refractivity contribution in [1.29, 1.82) is 0 Å². The van der Waals surface area contributed by atoms with Crippen LogP contribution in [0.3, 0.4) is 0 Å². The highest BCUT2D eigenvalue weighted by atomic mass is 16.5. The molecule has 1 aromatic rings. The molecule has 5 unspecified atom stereocenters. The molecule has 2 bridgehead atoms. The van der Waals surface area contributed by atoms with Crippen molar-refractivity contribution in [2.45, 2.75) is 51.6 Å². The molecule has 2 amide bonds.